The molecule has 0 radical (unpaired) electrons. The van der Waals surface area contributed by atoms with E-state index in [0.29, 0.717) is 21.8 Å². The van der Waals surface area contributed by atoms with E-state index in [1.165, 1.54) is 12.1 Å². The van der Waals surface area contributed by atoms with Gasteiger partial charge in [-0.1, -0.05) is 0 Å². The van der Waals surface area contributed by atoms with E-state index in [9.17, 15) is 4.39 Å². The largest absolute Gasteiger partial charge is 0.381 e. The third-order valence-corrected chi connectivity index (χ3v) is 4.41. The molecule has 120 valence electrons. The van der Waals surface area contributed by atoms with Crippen LogP contribution in [0, 0.1) is 5.82 Å². The maximum absolute atomic E-state index is 13.2. The van der Waals surface area contributed by atoms with Crippen molar-refractivity contribution in [3.05, 3.63) is 53.0 Å². The van der Waals surface area contributed by atoms with Crippen molar-refractivity contribution in [3.63, 3.8) is 0 Å². The van der Waals surface area contributed by atoms with Crippen LogP contribution < -0.4 is 5.73 Å². The molecular weight excluding hydrogens is 375 g/mol. The molecule has 4 aromatic rings. The van der Waals surface area contributed by atoms with Crippen molar-refractivity contribution < 1.29 is 4.39 Å². The average Bonchev–Trinajstić information content (AvgIpc) is 3.09. The van der Waals surface area contributed by atoms with Crippen LogP contribution in [0.15, 0.2) is 47.2 Å². The second-order valence-corrected chi connectivity index (χ2v) is 6.10. The summed E-state index contributed by atoms with van der Waals surface area (Å²) in [7, 11) is 1.83. The van der Waals surface area contributed by atoms with Gasteiger partial charge in [0.25, 0.3) is 0 Å². The van der Waals surface area contributed by atoms with Gasteiger partial charge in [0.2, 0.25) is 0 Å². The van der Waals surface area contributed by atoms with Gasteiger partial charge >= 0.3 is 0 Å². The molecule has 24 heavy (non-hydrogen) atoms. The molecule has 0 bridgehead atoms. The normalized spacial score (nSPS) is 11.3. The first kappa shape index (κ1) is 14.8. The summed E-state index contributed by atoms with van der Waals surface area (Å²) < 4.78 is 17.1. The number of rotatable bonds is 2. The Morgan fingerprint density at radius 1 is 1.08 bits per heavy atom. The lowest BCUT2D eigenvalue weighted by atomic mass is 10.1. The summed E-state index contributed by atoms with van der Waals surface area (Å²) in [6.45, 7) is 0. The molecule has 8 heteroatoms. The number of nitrogen functional groups attached to an aromatic ring is 1. The minimum Gasteiger partial charge on any atom is -0.381 e. The molecule has 1 aromatic carbocycles. The molecule has 0 aliphatic heterocycles. The van der Waals surface area contributed by atoms with Crippen molar-refractivity contribution in [1.29, 1.82) is 0 Å². The van der Waals surface area contributed by atoms with Gasteiger partial charge in [-0.05, 0) is 52.3 Å². The van der Waals surface area contributed by atoms with Crippen LogP contribution in [0.25, 0.3) is 28.2 Å². The highest BCUT2D eigenvalue weighted by molar-refractivity contribution is 9.10. The summed E-state index contributed by atoms with van der Waals surface area (Å²) in [5.41, 5.74) is 9.56. The molecular formula is C16H12BrFN6. The number of imidazole rings is 1. The zero-order valence-electron chi connectivity index (χ0n) is 12.6. The molecule has 0 amide bonds. The maximum Gasteiger partial charge on any atom is 0.159 e. The smallest absolute Gasteiger partial charge is 0.159 e. The molecule has 0 aliphatic carbocycles. The fourth-order valence-corrected chi connectivity index (χ4v) is 2.91. The molecule has 0 unspecified atom stereocenters. The van der Waals surface area contributed by atoms with Gasteiger partial charge in [-0.15, -0.1) is 0 Å². The van der Waals surface area contributed by atoms with Gasteiger partial charge in [-0.25, -0.2) is 13.9 Å². The molecule has 6 nitrogen and oxygen atoms in total. The number of fused-ring (bicyclic) bond motifs is 1. The monoisotopic (exact) mass is 386 g/mol. The number of aromatic nitrogens is 5. The lowest BCUT2D eigenvalue weighted by Gasteiger charge is -2.03. The van der Waals surface area contributed by atoms with Gasteiger partial charge < -0.3 is 5.73 Å². The summed E-state index contributed by atoms with van der Waals surface area (Å²) in [4.78, 5) is 4.21. The number of aryl methyl sites for hydroxylation is 1. The van der Waals surface area contributed by atoms with Crippen LogP contribution >= 0.6 is 15.9 Å². The van der Waals surface area contributed by atoms with E-state index in [4.69, 9.17) is 5.73 Å². The Kier molecular flexibility index (Phi) is 3.34. The molecule has 0 saturated heterocycles. The molecule has 0 saturated carbocycles. The Bertz CT molecular complexity index is 1050. The lowest BCUT2D eigenvalue weighted by molar-refractivity contribution is 0.628. The summed E-state index contributed by atoms with van der Waals surface area (Å²) >= 11 is 3.38. The van der Waals surface area contributed by atoms with Crippen LogP contribution in [-0.2, 0) is 7.05 Å². The summed E-state index contributed by atoms with van der Waals surface area (Å²) in [6, 6.07) is 9.92. The van der Waals surface area contributed by atoms with E-state index in [1.54, 1.807) is 21.3 Å². The van der Waals surface area contributed by atoms with Gasteiger partial charge in [-0.2, -0.15) is 10.2 Å². The molecule has 0 spiro atoms. The molecule has 0 fully saturated rings. The number of halogens is 2. The van der Waals surface area contributed by atoms with E-state index < -0.39 is 0 Å². The quantitative estimate of drug-likeness (QED) is 0.573. The van der Waals surface area contributed by atoms with Crippen molar-refractivity contribution in [2.75, 3.05) is 5.73 Å². The first-order valence-electron chi connectivity index (χ1n) is 7.13. The highest BCUT2D eigenvalue weighted by Crippen LogP contribution is 2.30. The van der Waals surface area contributed by atoms with Crippen LogP contribution in [0.1, 0.15) is 0 Å². The molecule has 3 heterocycles. The Morgan fingerprint density at radius 3 is 2.58 bits per heavy atom. The maximum atomic E-state index is 13.2. The number of hydrogen-bond acceptors (Lipinski definition) is 4. The first-order chi connectivity index (χ1) is 11.5. The van der Waals surface area contributed by atoms with Crippen LogP contribution in [0.3, 0.4) is 0 Å². The molecule has 0 aliphatic rings. The van der Waals surface area contributed by atoms with E-state index in [-0.39, 0.29) is 5.82 Å². The van der Waals surface area contributed by atoms with E-state index in [1.807, 2.05) is 25.4 Å². The van der Waals surface area contributed by atoms with Crippen molar-refractivity contribution in [1.82, 2.24) is 24.4 Å². The van der Waals surface area contributed by atoms with Crippen molar-refractivity contribution in [2.45, 2.75) is 0 Å². The van der Waals surface area contributed by atoms with Gasteiger partial charge in [0.1, 0.15) is 11.5 Å². The molecule has 2 N–H and O–H groups in total. The first-order valence-corrected chi connectivity index (χ1v) is 7.93. The minimum absolute atomic E-state index is 0.284. The summed E-state index contributed by atoms with van der Waals surface area (Å²) in [5, 5.41) is 9.07. The Hall–Kier alpha value is -2.74. The van der Waals surface area contributed by atoms with Crippen LogP contribution in [-0.4, -0.2) is 24.4 Å². The van der Waals surface area contributed by atoms with Gasteiger partial charge in [0, 0.05) is 24.4 Å². The zero-order valence-corrected chi connectivity index (χ0v) is 14.2. The Morgan fingerprint density at radius 2 is 1.83 bits per heavy atom. The van der Waals surface area contributed by atoms with Crippen LogP contribution in [0.2, 0.25) is 0 Å². The number of benzene rings is 1. The molecule has 0 atom stereocenters. The fraction of sp³-hybridized carbons (Fsp3) is 0.0625. The average molecular weight is 387 g/mol. The minimum atomic E-state index is -0.284. The number of hydrogen-bond donors (Lipinski definition) is 1. The number of anilines is 1. The lowest BCUT2D eigenvalue weighted by Crippen LogP contribution is -1.95. The standard InChI is InChI=1S/C16H12BrFN6/c1-23-8-11(14(22-23)9-2-4-10(18)5-3-9)12-6-7-13-20-16(19)15(17)24(13)21-12/h2-8H,19H2,1H3. The van der Waals surface area contributed by atoms with E-state index >= 15 is 0 Å². The third kappa shape index (κ3) is 2.35. The fourth-order valence-electron chi connectivity index (χ4n) is 2.56. The Balaban J connectivity index is 1.90. The second kappa shape index (κ2) is 5.41. The van der Waals surface area contributed by atoms with Crippen molar-refractivity contribution in [3.8, 4) is 22.5 Å². The second-order valence-electron chi connectivity index (χ2n) is 5.35. The summed E-state index contributed by atoms with van der Waals surface area (Å²) in [6.07, 6.45) is 1.88. The van der Waals surface area contributed by atoms with Crippen molar-refractivity contribution >= 4 is 27.4 Å². The molecule has 3 aromatic heterocycles. The van der Waals surface area contributed by atoms with Crippen LogP contribution in [0.5, 0.6) is 0 Å². The highest BCUT2D eigenvalue weighted by atomic mass is 79.9. The van der Waals surface area contributed by atoms with Crippen molar-refractivity contribution in [2.24, 2.45) is 7.05 Å². The predicted molar refractivity (Wildman–Crippen MR) is 92.7 cm³/mol. The predicted octanol–water partition coefficient (Wildman–Crippen LogP) is 3.28. The number of nitrogens with zero attached hydrogens (tertiary/aromatic N) is 5. The Labute approximate surface area is 144 Å². The van der Waals surface area contributed by atoms with Crippen LogP contribution in [0.4, 0.5) is 10.2 Å². The summed E-state index contributed by atoms with van der Waals surface area (Å²) in [5.74, 6) is 0.0955. The van der Waals surface area contributed by atoms with Gasteiger partial charge in [0.05, 0.1) is 5.69 Å². The van der Waals surface area contributed by atoms with Gasteiger partial charge in [-0.3, -0.25) is 4.68 Å². The number of nitrogens with two attached hydrogens (primary N) is 1. The topological polar surface area (TPSA) is 74.0 Å². The SMILES string of the molecule is Cn1cc(-c2ccc3nc(N)c(Br)n3n2)c(-c2ccc(F)cc2)n1. The van der Waals surface area contributed by atoms with E-state index in [2.05, 4.69) is 31.1 Å². The zero-order chi connectivity index (χ0) is 16.8. The third-order valence-electron chi connectivity index (χ3n) is 3.67. The molecule has 4 rings (SSSR count). The van der Waals surface area contributed by atoms with E-state index in [0.717, 1.165) is 16.8 Å². The van der Waals surface area contributed by atoms with Gasteiger partial charge in [0.15, 0.2) is 16.1 Å². The highest BCUT2D eigenvalue weighted by Gasteiger charge is 2.16.